The average molecular weight is 336 g/mol. The van der Waals surface area contributed by atoms with Gasteiger partial charge in [0.2, 0.25) is 5.91 Å². The van der Waals surface area contributed by atoms with E-state index >= 15 is 0 Å². The first-order valence-corrected chi connectivity index (χ1v) is 7.62. The minimum absolute atomic E-state index is 0.126. The Labute approximate surface area is 140 Å². The van der Waals surface area contributed by atoms with Gasteiger partial charge >= 0.3 is 0 Å². The molecule has 2 N–H and O–H groups in total. The highest BCUT2D eigenvalue weighted by molar-refractivity contribution is 6.31. The second-order valence-electron chi connectivity index (χ2n) is 5.74. The number of hydrogen-bond acceptors (Lipinski definition) is 3. The number of nitrogens with zero attached hydrogens (tertiary/aromatic N) is 1. The fourth-order valence-corrected chi connectivity index (χ4v) is 2.56. The Hall–Kier alpha value is -1.98. The largest absolute Gasteiger partial charge is 0.351 e. The molecule has 1 heterocycles. The number of nitrogens with one attached hydrogen (secondary N) is 2. The van der Waals surface area contributed by atoms with E-state index in [0.29, 0.717) is 11.6 Å². The van der Waals surface area contributed by atoms with Crippen LogP contribution in [0, 0.1) is 5.82 Å². The van der Waals surface area contributed by atoms with E-state index in [-0.39, 0.29) is 18.3 Å². The molecule has 0 aliphatic rings. The van der Waals surface area contributed by atoms with Crippen LogP contribution in [-0.4, -0.2) is 17.4 Å². The summed E-state index contributed by atoms with van der Waals surface area (Å²) < 4.78 is 13.1. The molecule has 0 aliphatic heterocycles. The van der Waals surface area contributed by atoms with Gasteiger partial charge in [0.25, 0.3) is 0 Å². The SMILES string of the molecule is CC(C)(NCC(=O)NCc1cccnc1)c1ccc(F)cc1Cl. The first-order valence-electron chi connectivity index (χ1n) is 7.24. The molecule has 0 fully saturated rings. The van der Waals surface area contributed by atoms with Gasteiger partial charge in [-0.15, -0.1) is 0 Å². The van der Waals surface area contributed by atoms with Gasteiger partial charge in [0, 0.05) is 29.5 Å². The fraction of sp³-hybridized carbons (Fsp3) is 0.294. The summed E-state index contributed by atoms with van der Waals surface area (Å²) in [4.78, 5) is 15.9. The average Bonchev–Trinajstić information content (AvgIpc) is 2.51. The number of halogens is 2. The maximum Gasteiger partial charge on any atom is 0.234 e. The molecular formula is C17H19ClFN3O. The van der Waals surface area contributed by atoms with Gasteiger partial charge in [-0.1, -0.05) is 23.7 Å². The predicted molar refractivity (Wildman–Crippen MR) is 88.5 cm³/mol. The van der Waals surface area contributed by atoms with Crippen LogP contribution in [0.2, 0.25) is 5.02 Å². The lowest BCUT2D eigenvalue weighted by atomic mass is 9.94. The van der Waals surface area contributed by atoms with Crippen molar-refractivity contribution in [2.45, 2.75) is 25.9 Å². The van der Waals surface area contributed by atoms with Crippen molar-refractivity contribution in [3.8, 4) is 0 Å². The number of pyridine rings is 1. The van der Waals surface area contributed by atoms with Gasteiger partial charge in [-0.3, -0.25) is 15.1 Å². The zero-order chi connectivity index (χ0) is 16.9. The topological polar surface area (TPSA) is 54.0 Å². The molecule has 0 aliphatic carbocycles. The van der Waals surface area contributed by atoms with Gasteiger partial charge in [0.15, 0.2) is 0 Å². The smallest absolute Gasteiger partial charge is 0.234 e. The third kappa shape index (κ3) is 5.01. The first-order chi connectivity index (χ1) is 10.9. The van der Waals surface area contributed by atoms with Crippen molar-refractivity contribution >= 4 is 17.5 Å². The number of amides is 1. The Balaban J connectivity index is 1.89. The van der Waals surface area contributed by atoms with Crippen LogP contribution in [0.15, 0.2) is 42.7 Å². The van der Waals surface area contributed by atoms with Crippen molar-refractivity contribution in [3.05, 3.63) is 64.7 Å². The van der Waals surface area contributed by atoms with E-state index in [1.807, 2.05) is 26.0 Å². The van der Waals surface area contributed by atoms with Crippen molar-refractivity contribution in [3.63, 3.8) is 0 Å². The van der Waals surface area contributed by atoms with E-state index in [2.05, 4.69) is 15.6 Å². The van der Waals surface area contributed by atoms with Gasteiger partial charge in [0.1, 0.15) is 5.82 Å². The summed E-state index contributed by atoms with van der Waals surface area (Å²) in [5.41, 5.74) is 1.11. The molecule has 6 heteroatoms. The highest BCUT2D eigenvalue weighted by Gasteiger charge is 2.23. The van der Waals surface area contributed by atoms with Crippen molar-refractivity contribution in [2.75, 3.05) is 6.54 Å². The number of carbonyl (C=O) groups is 1. The van der Waals surface area contributed by atoms with E-state index in [4.69, 9.17) is 11.6 Å². The van der Waals surface area contributed by atoms with Gasteiger partial charge in [-0.2, -0.15) is 0 Å². The molecule has 2 aromatic rings. The van der Waals surface area contributed by atoms with Gasteiger partial charge in [-0.25, -0.2) is 4.39 Å². The van der Waals surface area contributed by atoms with E-state index in [0.717, 1.165) is 11.1 Å². The first kappa shape index (κ1) is 17.4. The lowest BCUT2D eigenvalue weighted by molar-refractivity contribution is -0.120. The minimum Gasteiger partial charge on any atom is -0.351 e. The van der Waals surface area contributed by atoms with Crippen molar-refractivity contribution in [1.29, 1.82) is 0 Å². The Morgan fingerprint density at radius 1 is 1.35 bits per heavy atom. The standard InChI is InChI=1S/C17H19ClFN3O/c1-17(2,14-6-5-13(19)8-15(14)18)22-11-16(23)21-10-12-4-3-7-20-9-12/h3-9,22H,10-11H2,1-2H3,(H,21,23). The van der Waals surface area contributed by atoms with Crippen molar-refractivity contribution < 1.29 is 9.18 Å². The Bertz CT molecular complexity index is 677. The summed E-state index contributed by atoms with van der Waals surface area (Å²) >= 11 is 6.08. The Morgan fingerprint density at radius 2 is 2.13 bits per heavy atom. The summed E-state index contributed by atoms with van der Waals surface area (Å²) in [6.07, 6.45) is 3.39. The van der Waals surface area contributed by atoms with Crippen LogP contribution in [0.4, 0.5) is 4.39 Å². The molecule has 0 saturated heterocycles. The number of aromatic nitrogens is 1. The highest BCUT2D eigenvalue weighted by atomic mass is 35.5. The number of benzene rings is 1. The summed E-state index contributed by atoms with van der Waals surface area (Å²) in [6, 6.07) is 7.95. The van der Waals surface area contributed by atoms with Crippen LogP contribution in [-0.2, 0) is 16.9 Å². The van der Waals surface area contributed by atoms with E-state index < -0.39 is 5.54 Å². The molecule has 4 nitrogen and oxygen atoms in total. The van der Waals surface area contributed by atoms with E-state index in [9.17, 15) is 9.18 Å². The van der Waals surface area contributed by atoms with E-state index in [1.165, 1.54) is 12.1 Å². The van der Waals surface area contributed by atoms with Crippen LogP contribution >= 0.6 is 11.6 Å². The Morgan fingerprint density at radius 3 is 2.78 bits per heavy atom. The molecule has 0 spiro atoms. The molecule has 0 atom stereocenters. The second-order valence-corrected chi connectivity index (χ2v) is 6.15. The number of carbonyl (C=O) groups excluding carboxylic acids is 1. The zero-order valence-electron chi connectivity index (χ0n) is 13.1. The van der Waals surface area contributed by atoms with Gasteiger partial charge < -0.3 is 5.32 Å². The molecule has 122 valence electrons. The molecule has 0 bridgehead atoms. The van der Waals surface area contributed by atoms with Crippen LogP contribution < -0.4 is 10.6 Å². The monoisotopic (exact) mass is 335 g/mol. The summed E-state index contributed by atoms with van der Waals surface area (Å²) in [5.74, 6) is -0.524. The summed E-state index contributed by atoms with van der Waals surface area (Å²) in [7, 11) is 0. The minimum atomic E-state index is -0.559. The van der Waals surface area contributed by atoms with E-state index in [1.54, 1.807) is 18.5 Å². The molecular weight excluding hydrogens is 317 g/mol. The molecule has 1 amide bonds. The quantitative estimate of drug-likeness (QED) is 0.853. The van der Waals surface area contributed by atoms with Crippen LogP contribution in [0.25, 0.3) is 0 Å². The third-order valence-electron chi connectivity index (χ3n) is 3.51. The molecule has 0 saturated carbocycles. The Kier molecular flexibility index (Phi) is 5.69. The number of rotatable bonds is 6. The molecule has 1 aromatic heterocycles. The maximum absolute atomic E-state index is 13.1. The van der Waals surface area contributed by atoms with Crippen molar-refractivity contribution in [2.24, 2.45) is 0 Å². The normalized spacial score (nSPS) is 11.3. The molecule has 2 rings (SSSR count). The van der Waals surface area contributed by atoms with Crippen LogP contribution in [0.5, 0.6) is 0 Å². The third-order valence-corrected chi connectivity index (χ3v) is 3.82. The highest BCUT2D eigenvalue weighted by Crippen LogP contribution is 2.28. The fourth-order valence-electron chi connectivity index (χ4n) is 2.16. The zero-order valence-corrected chi connectivity index (χ0v) is 13.8. The van der Waals surface area contributed by atoms with Crippen molar-refractivity contribution in [1.82, 2.24) is 15.6 Å². The lowest BCUT2D eigenvalue weighted by Crippen LogP contribution is -2.43. The predicted octanol–water partition coefficient (Wildman–Crippen LogP) is 3.02. The van der Waals surface area contributed by atoms with Gasteiger partial charge in [0.05, 0.1) is 6.54 Å². The molecule has 0 unspecified atom stereocenters. The van der Waals surface area contributed by atoms with Gasteiger partial charge in [-0.05, 0) is 43.2 Å². The van der Waals surface area contributed by atoms with Crippen LogP contribution in [0.3, 0.4) is 0 Å². The molecule has 23 heavy (non-hydrogen) atoms. The second kappa shape index (κ2) is 7.53. The molecule has 0 radical (unpaired) electrons. The maximum atomic E-state index is 13.1. The summed E-state index contributed by atoms with van der Waals surface area (Å²) in [5, 5.41) is 6.28. The van der Waals surface area contributed by atoms with Crippen LogP contribution in [0.1, 0.15) is 25.0 Å². The summed E-state index contributed by atoms with van der Waals surface area (Å²) in [6.45, 7) is 4.33. The number of hydrogen-bond donors (Lipinski definition) is 2. The lowest BCUT2D eigenvalue weighted by Gasteiger charge is -2.27. The molecule has 1 aromatic carbocycles.